The molecule has 1 saturated heterocycles. The summed E-state index contributed by atoms with van der Waals surface area (Å²) in [6.45, 7) is 2.03. The average molecular weight is 327 g/mol. The van der Waals surface area contributed by atoms with Gasteiger partial charge in [0, 0.05) is 5.56 Å². The van der Waals surface area contributed by atoms with E-state index in [1.807, 2.05) is 55.5 Å². The van der Waals surface area contributed by atoms with Gasteiger partial charge in [0.05, 0.1) is 4.83 Å². The Labute approximate surface area is 128 Å². The highest BCUT2D eigenvalue weighted by molar-refractivity contribution is 9.09. The minimum atomic E-state index is -0.434. The Morgan fingerprint density at radius 1 is 1.00 bits per heavy atom. The van der Waals surface area contributed by atoms with Crippen molar-refractivity contribution in [2.24, 2.45) is 0 Å². The van der Waals surface area contributed by atoms with Crippen LogP contribution in [0.5, 0.6) is 0 Å². The van der Waals surface area contributed by atoms with Gasteiger partial charge < -0.3 is 4.74 Å². The van der Waals surface area contributed by atoms with Gasteiger partial charge in [0.25, 0.3) is 0 Å². The number of halogens is 1. The second-order valence-corrected chi connectivity index (χ2v) is 6.06. The van der Waals surface area contributed by atoms with E-state index in [0.717, 1.165) is 5.56 Å². The lowest BCUT2D eigenvalue weighted by Gasteiger charge is -2.47. The molecule has 1 fully saturated rings. The van der Waals surface area contributed by atoms with E-state index in [1.165, 1.54) is 5.56 Å². The predicted octanol–water partition coefficient (Wildman–Crippen LogP) is 4.33. The zero-order chi connectivity index (χ0) is 14.0. The topological polar surface area (TPSA) is 9.23 Å². The lowest BCUT2D eigenvalue weighted by molar-refractivity contribution is -0.151. The van der Waals surface area contributed by atoms with E-state index in [-0.39, 0.29) is 10.9 Å². The molecular weight excluding hydrogens is 312 g/mol. The number of rotatable bonds is 1. The molecule has 3 atom stereocenters. The summed E-state index contributed by atoms with van der Waals surface area (Å²) in [5.41, 5.74) is 1.77. The fourth-order valence-corrected chi connectivity index (χ4v) is 2.94. The van der Waals surface area contributed by atoms with Crippen LogP contribution in [-0.2, 0) is 4.74 Å². The van der Waals surface area contributed by atoms with Crippen molar-refractivity contribution in [3.8, 4) is 11.8 Å². The summed E-state index contributed by atoms with van der Waals surface area (Å²) in [6.07, 6.45) is 0.0753. The molecule has 0 bridgehead atoms. The minimum Gasteiger partial charge on any atom is -0.352 e. The Hall–Kier alpha value is -1.56. The first kappa shape index (κ1) is 13.4. The van der Waals surface area contributed by atoms with Gasteiger partial charge in [0.1, 0.15) is 11.7 Å². The van der Waals surface area contributed by atoms with Crippen LogP contribution in [-0.4, -0.2) is 10.4 Å². The van der Waals surface area contributed by atoms with Crippen molar-refractivity contribution >= 4 is 15.9 Å². The maximum Gasteiger partial charge on any atom is 0.142 e. The van der Waals surface area contributed by atoms with E-state index in [2.05, 4.69) is 39.9 Å². The van der Waals surface area contributed by atoms with E-state index >= 15 is 0 Å². The van der Waals surface area contributed by atoms with Crippen LogP contribution in [0.2, 0.25) is 0 Å². The molecule has 2 aromatic rings. The normalized spacial score (nSPS) is 28.1. The minimum absolute atomic E-state index is 0.0753. The van der Waals surface area contributed by atoms with Crippen molar-refractivity contribution in [1.29, 1.82) is 0 Å². The van der Waals surface area contributed by atoms with E-state index in [1.54, 1.807) is 0 Å². The lowest BCUT2D eigenvalue weighted by atomic mass is 9.87. The molecule has 1 aliphatic rings. The smallest absolute Gasteiger partial charge is 0.142 e. The molecule has 100 valence electrons. The maximum atomic E-state index is 6.03. The SMILES string of the molecule is CC1(C#Cc2ccccc2)O[C@H](c2ccccc2)[C@H]1Br. The Balaban J connectivity index is 1.75. The maximum absolute atomic E-state index is 6.03. The number of ether oxygens (including phenoxy) is 1. The standard InChI is InChI=1S/C18H15BrO/c1-18(13-12-14-8-4-2-5-9-14)17(19)16(20-18)15-10-6-3-7-11-15/h2-11,16-17H,1H3/t16-,17-,18?/m1/s1. The molecule has 3 rings (SSSR count). The molecule has 0 spiro atoms. The van der Waals surface area contributed by atoms with Crippen molar-refractivity contribution in [2.75, 3.05) is 0 Å². The third-order valence-electron chi connectivity index (χ3n) is 3.52. The molecule has 1 nitrogen and oxygen atoms in total. The van der Waals surface area contributed by atoms with Gasteiger partial charge >= 0.3 is 0 Å². The molecule has 1 unspecified atom stereocenters. The van der Waals surface area contributed by atoms with Crippen LogP contribution >= 0.6 is 15.9 Å². The second kappa shape index (κ2) is 5.44. The van der Waals surface area contributed by atoms with Gasteiger partial charge in [-0.15, -0.1) is 0 Å². The van der Waals surface area contributed by atoms with Gasteiger partial charge in [-0.1, -0.05) is 76.3 Å². The Morgan fingerprint density at radius 3 is 2.20 bits per heavy atom. The molecule has 0 N–H and O–H groups in total. The van der Waals surface area contributed by atoms with Crippen LogP contribution in [0.25, 0.3) is 0 Å². The van der Waals surface area contributed by atoms with E-state index < -0.39 is 5.60 Å². The summed E-state index contributed by atoms with van der Waals surface area (Å²) in [6, 6.07) is 20.2. The largest absolute Gasteiger partial charge is 0.352 e. The Morgan fingerprint density at radius 2 is 1.60 bits per heavy atom. The summed E-state index contributed by atoms with van der Waals surface area (Å²) < 4.78 is 6.03. The Bertz CT molecular complexity index is 641. The second-order valence-electron chi connectivity index (χ2n) is 5.07. The van der Waals surface area contributed by atoms with Crippen LogP contribution in [0.1, 0.15) is 24.2 Å². The van der Waals surface area contributed by atoms with Crippen molar-refractivity contribution in [2.45, 2.75) is 23.5 Å². The van der Waals surface area contributed by atoms with Crippen LogP contribution in [0.3, 0.4) is 0 Å². The third-order valence-corrected chi connectivity index (χ3v) is 4.87. The Kier molecular flexibility index (Phi) is 3.65. The summed E-state index contributed by atoms with van der Waals surface area (Å²) in [4.78, 5) is 0.202. The summed E-state index contributed by atoms with van der Waals surface area (Å²) >= 11 is 3.73. The molecule has 0 aromatic heterocycles. The van der Waals surface area contributed by atoms with Gasteiger partial charge in [0.15, 0.2) is 0 Å². The molecule has 2 aromatic carbocycles. The number of alkyl halides is 1. The first-order valence-electron chi connectivity index (χ1n) is 6.64. The highest BCUT2D eigenvalue weighted by Gasteiger charge is 2.50. The fraction of sp³-hybridized carbons (Fsp3) is 0.222. The fourth-order valence-electron chi connectivity index (χ4n) is 2.30. The van der Waals surface area contributed by atoms with E-state index in [9.17, 15) is 0 Å². The van der Waals surface area contributed by atoms with Crippen molar-refractivity contribution < 1.29 is 4.74 Å². The van der Waals surface area contributed by atoms with Gasteiger partial charge in [-0.2, -0.15) is 0 Å². The van der Waals surface area contributed by atoms with Gasteiger partial charge in [-0.05, 0) is 24.6 Å². The molecule has 0 radical (unpaired) electrons. The molecular formula is C18H15BrO. The number of hydrogen-bond acceptors (Lipinski definition) is 1. The van der Waals surface area contributed by atoms with E-state index in [0.29, 0.717) is 0 Å². The first-order chi connectivity index (χ1) is 9.69. The number of hydrogen-bond donors (Lipinski definition) is 0. The molecule has 20 heavy (non-hydrogen) atoms. The van der Waals surface area contributed by atoms with Crippen LogP contribution in [0.4, 0.5) is 0 Å². The summed E-state index contributed by atoms with van der Waals surface area (Å²) in [5, 5.41) is 0. The number of benzene rings is 2. The monoisotopic (exact) mass is 326 g/mol. The third kappa shape index (κ3) is 2.52. The molecule has 0 aliphatic carbocycles. The van der Waals surface area contributed by atoms with Gasteiger partial charge in [-0.25, -0.2) is 0 Å². The summed E-state index contributed by atoms with van der Waals surface area (Å²) in [7, 11) is 0. The van der Waals surface area contributed by atoms with Crippen molar-refractivity contribution in [1.82, 2.24) is 0 Å². The van der Waals surface area contributed by atoms with Gasteiger partial charge in [-0.3, -0.25) is 0 Å². The zero-order valence-electron chi connectivity index (χ0n) is 11.2. The molecule has 1 aliphatic heterocycles. The van der Waals surface area contributed by atoms with Crippen molar-refractivity contribution in [3.63, 3.8) is 0 Å². The summed E-state index contributed by atoms with van der Waals surface area (Å²) in [5.74, 6) is 6.43. The predicted molar refractivity (Wildman–Crippen MR) is 84.7 cm³/mol. The van der Waals surface area contributed by atoms with Crippen LogP contribution in [0, 0.1) is 11.8 Å². The first-order valence-corrected chi connectivity index (χ1v) is 7.56. The highest BCUT2D eigenvalue weighted by atomic mass is 79.9. The highest BCUT2D eigenvalue weighted by Crippen LogP contribution is 2.47. The average Bonchev–Trinajstić information content (AvgIpc) is 2.52. The quantitative estimate of drug-likeness (QED) is 0.559. The lowest BCUT2D eigenvalue weighted by Crippen LogP contribution is -2.53. The van der Waals surface area contributed by atoms with Crippen LogP contribution < -0.4 is 0 Å². The molecule has 0 saturated carbocycles. The van der Waals surface area contributed by atoms with Crippen molar-refractivity contribution in [3.05, 3.63) is 71.8 Å². The van der Waals surface area contributed by atoms with E-state index in [4.69, 9.17) is 4.74 Å². The molecule has 2 heteroatoms. The van der Waals surface area contributed by atoms with Crippen LogP contribution in [0.15, 0.2) is 60.7 Å². The van der Waals surface area contributed by atoms with Gasteiger partial charge in [0.2, 0.25) is 0 Å². The molecule has 1 heterocycles. The molecule has 0 amide bonds. The zero-order valence-corrected chi connectivity index (χ0v) is 12.8.